The van der Waals surface area contributed by atoms with Crippen LogP contribution in [0.4, 0.5) is 0 Å². The van der Waals surface area contributed by atoms with Gasteiger partial charge >= 0.3 is 0 Å². The SMILES string of the molecule is C=C(C)/C(C)=C/C.CC.CC.CC(C)C.CCCCCCC.CCCc1ccc(-c2cc(CC)ccc2C)cc1. The minimum atomic E-state index is 0.833. The standard InChI is InChI=1S/C18H22.C7H12.C7H16.C4H10.2C2H6/c1-4-6-16-9-11-17(12-10-16)18-13-15(5-2)8-7-14(18)3;1-5-7(4)6(2)3;1-3-5-7-6-4-2;1-4(2)3;2*1-2/h7-13H,4-6H2,1-3H3;5H,2H2,1,3-4H3;3-7H2,1-2H3;4H,1-3H3;2*1-2H3/b;7-5+;;;;. The Labute approximate surface area is 254 Å². The van der Waals surface area contributed by atoms with Crippen LogP contribution in [0.15, 0.2) is 66.3 Å². The largest absolute Gasteiger partial charge is 0.0959 e. The van der Waals surface area contributed by atoms with Gasteiger partial charge in [0.1, 0.15) is 0 Å². The molecule has 0 atom stereocenters. The number of unbranched alkanes of at least 4 members (excludes halogenated alkanes) is 4. The maximum atomic E-state index is 3.76. The van der Waals surface area contributed by atoms with Crippen molar-refractivity contribution in [1.82, 2.24) is 0 Å². The lowest BCUT2D eigenvalue weighted by molar-refractivity contribution is 0.656. The monoisotopic (exact) mass is 553 g/mol. The minimum absolute atomic E-state index is 0.833. The molecule has 0 saturated carbocycles. The van der Waals surface area contributed by atoms with E-state index >= 15 is 0 Å². The number of allylic oxidation sites excluding steroid dienone is 3. The van der Waals surface area contributed by atoms with E-state index in [1.165, 1.54) is 78.3 Å². The molecule has 0 aliphatic heterocycles. The van der Waals surface area contributed by atoms with Crippen molar-refractivity contribution in [3.8, 4) is 11.1 Å². The Morgan fingerprint density at radius 1 is 0.725 bits per heavy atom. The Bertz CT molecular complexity index is 811. The van der Waals surface area contributed by atoms with E-state index in [2.05, 4.69) is 117 Å². The number of aryl methyl sites for hydroxylation is 3. The summed E-state index contributed by atoms with van der Waals surface area (Å²) in [7, 11) is 0. The first kappa shape index (κ1) is 44.9. The van der Waals surface area contributed by atoms with Crippen molar-refractivity contribution < 1.29 is 0 Å². The molecule has 0 unspecified atom stereocenters. The van der Waals surface area contributed by atoms with Crippen LogP contribution in [-0.4, -0.2) is 0 Å². The van der Waals surface area contributed by atoms with Crippen LogP contribution in [0.1, 0.15) is 152 Å². The van der Waals surface area contributed by atoms with Gasteiger partial charge in [-0.2, -0.15) is 0 Å². The number of benzene rings is 2. The average molecular weight is 553 g/mol. The smallest absolute Gasteiger partial charge is 0.0152 e. The van der Waals surface area contributed by atoms with E-state index in [1.807, 2.05) is 41.5 Å². The van der Waals surface area contributed by atoms with E-state index in [-0.39, 0.29) is 0 Å². The molecule has 0 amide bonds. The molecule has 0 saturated heterocycles. The van der Waals surface area contributed by atoms with E-state index in [0.717, 1.165) is 17.9 Å². The fourth-order valence-electron chi connectivity index (χ4n) is 3.26. The molecule has 2 aromatic carbocycles. The van der Waals surface area contributed by atoms with Crippen molar-refractivity contribution in [2.24, 2.45) is 5.92 Å². The van der Waals surface area contributed by atoms with Gasteiger partial charge in [-0.3, -0.25) is 0 Å². The third kappa shape index (κ3) is 27.5. The molecule has 0 fully saturated rings. The Kier molecular flexibility index (Phi) is 37.2. The molecular formula is C40H72. The highest BCUT2D eigenvalue weighted by molar-refractivity contribution is 5.68. The van der Waals surface area contributed by atoms with E-state index in [0.29, 0.717) is 0 Å². The minimum Gasteiger partial charge on any atom is -0.0959 e. The van der Waals surface area contributed by atoms with Crippen LogP contribution in [0.25, 0.3) is 11.1 Å². The molecule has 0 aliphatic carbocycles. The van der Waals surface area contributed by atoms with Gasteiger partial charge in [0.2, 0.25) is 0 Å². The van der Waals surface area contributed by atoms with Gasteiger partial charge < -0.3 is 0 Å². The topological polar surface area (TPSA) is 0 Å². The molecule has 0 bridgehead atoms. The summed E-state index contributed by atoms with van der Waals surface area (Å²) in [5.74, 6) is 0.833. The molecule has 0 heterocycles. The summed E-state index contributed by atoms with van der Waals surface area (Å²) in [6, 6.07) is 15.8. The predicted molar refractivity (Wildman–Crippen MR) is 192 cm³/mol. The van der Waals surface area contributed by atoms with Crippen molar-refractivity contribution in [2.75, 3.05) is 0 Å². The van der Waals surface area contributed by atoms with Crippen LogP contribution < -0.4 is 0 Å². The summed E-state index contributed by atoms with van der Waals surface area (Å²) in [5, 5.41) is 0. The van der Waals surface area contributed by atoms with E-state index in [9.17, 15) is 0 Å². The van der Waals surface area contributed by atoms with Crippen molar-refractivity contribution >= 4 is 0 Å². The van der Waals surface area contributed by atoms with E-state index in [1.54, 1.807) is 0 Å². The molecule has 0 spiro atoms. The molecule has 0 radical (unpaired) electrons. The lowest BCUT2D eigenvalue weighted by Gasteiger charge is -2.09. The van der Waals surface area contributed by atoms with Crippen LogP contribution in [0.3, 0.4) is 0 Å². The van der Waals surface area contributed by atoms with E-state index in [4.69, 9.17) is 0 Å². The first-order valence-corrected chi connectivity index (χ1v) is 16.5. The molecule has 0 heteroatoms. The van der Waals surface area contributed by atoms with Crippen LogP contribution in [0.5, 0.6) is 0 Å². The third-order valence-corrected chi connectivity index (χ3v) is 5.83. The van der Waals surface area contributed by atoms with Gasteiger partial charge in [-0.15, -0.1) is 0 Å². The van der Waals surface area contributed by atoms with Gasteiger partial charge in [-0.1, -0.05) is 181 Å². The Morgan fingerprint density at radius 3 is 1.50 bits per heavy atom. The molecule has 232 valence electrons. The third-order valence-electron chi connectivity index (χ3n) is 5.83. The Balaban J connectivity index is -0.000000245. The first-order valence-electron chi connectivity index (χ1n) is 16.5. The summed E-state index contributed by atoms with van der Waals surface area (Å²) in [5.41, 5.74) is 9.34. The van der Waals surface area contributed by atoms with E-state index < -0.39 is 0 Å². The fraction of sp³-hybridized carbons (Fsp3) is 0.600. The van der Waals surface area contributed by atoms with Crippen molar-refractivity contribution in [1.29, 1.82) is 0 Å². The lowest BCUT2D eigenvalue weighted by Crippen LogP contribution is -1.88. The quantitative estimate of drug-likeness (QED) is 0.214. The number of hydrogen-bond acceptors (Lipinski definition) is 0. The van der Waals surface area contributed by atoms with Crippen molar-refractivity contribution in [3.05, 3.63) is 83.0 Å². The second kappa shape index (κ2) is 33.1. The van der Waals surface area contributed by atoms with Crippen LogP contribution in [0, 0.1) is 12.8 Å². The van der Waals surface area contributed by atoms with Crippen LogP contribution in [0.2, 0.25) is 0 Å². The highest BCUT2D eigenvalue weighted by Gasteiger charge is 2.03. The zero-order chi connectivity index (χ0) is 31.9. The van der Waals surface area contributed by atoms with Gasteiger partial charge in [0, 0.05) is 0 Å². The molecule has 0 N–H and O–H groups in total. The Morgan fingerprint density at radius 2 is 1.18 bits per heavy atom. The van der Waals surface area contributed by atoms with Gasteiger partial charge in [0.15, 0.2) is 0 Å². The lowest BCUT2D eigenvalue weighted by atomic mass is 9.96. The summed E-state index contributed by atoms with van der Waals surface area (Å²) < 4.78 is 0. The van der Waals surface area contributed by atoms with Gasteiger partial charge in [0.25, 0.3) is 0 Å². The molecular weight excluding hydrogens is 480 g/mol. The Hall–Kier alpha value is -2.08. The predicted octanol–water partition coefficient (Wildman–Crippen LogP) is 14.4. The van der Waals surface area contributed by atoms with Crippen LogP contribution >= 0.6 is 0 Å². The molecule has 0 nitrogen and oxygen atoms in total. The fourth-order valence-corrected chi connectivity index (χ4v) is 3.26. The summed E-state index contributed by atoms with van der Waals surface area (Å²) in [6.07, 6.45) is 12.6. The maximum absolute atomic E-state index is 3.76. The summed E-state index contributed by atoms with van der Waals surface area (Å²) in [4.78, 5) is 0. The van der Waals surface area contributed by atoms with Gasteiger partial charge in [0.05, 0.1) is 0 Å². The van der Waals surface area contributed by atoms with Crippen molar-refractivity contribution in [2.45, 2.75) is 155 Å². The van der Waals surface area contributed by atoms with Crippen molar-refractivity contribution in [3.63, 3.8) is 0 Å². The number of hydrogen-bond donors (Lipinski definition) is 0. The van der Waals surface area contributed by atoms with Crippen LogP contribution in [-0.2, 0) is 12.8 Å². The molecule has 0 aliphatic rings. The highest BCUT2D eigenvalue weighted by Crippen LogP contribution is 2.25. The summed E-state index contributed by atoms with van der Waals surface area (Å²) in [6.45, 7) is 35.5. The second-order valence-electron chi connectivity index (χ2n) is 10.5. The second-order valence-corrected chi connectivity index (χ2v) is 10.5. The molecule has 2 rings (SSSR count). The highest BCUT2D eigenvalue weighted by atomic mass is 14.1. The van der Waals surface area contributed by atoms with Gasteiger partial charge in [-0.25, -0.2) is 0 Å². The molecule has 2 aromatic rings. The average Bonchev–Trinajstić information content (AvgIpc) is 2.96. The zero-order valence-corrected chi connectivity index (χ0v) is 30.1. The molecule has 0 aromatic heterocycles. The molecule has 40 heavy (non-hydrogen) atoms. The summed E-state index contributed by atoms with van der Waals surface area (Å²) >= 11 is 0. The first-order chi connectivity index (χ1) is 19.1. The number of rotatable bonds is 9. The zero-order valence-electron chi connectivity index (χ0n) is 30.1. The van der Waals surface area contributed by atoms with Gasteiger partial charge in [-0.05, 0) is 74.3 Å². The maximum Gasteiger partial charge on any atom is -0.0152 e. The normalized spacial score (nSPS) is 9.65.